The lowest BCUT2D eigenvalue weighted by molar-refractivity contribution is 0.0844. The van der Waals surface area contributed by atoms with Gasteiger partial charge in [-0.1, -0.05) is 25.5 Å². The fourth-order valence-corrected chi connectivity index (χ4v) is 2.92. The first-order valence-electron chi connectivity index (χ1n) is 7.24. The topological polar surface area (TPSA) is 21.3 Å². The molecule has 0 radical (unpaired) electrons. The number of halogens is 1. The lowest BCUT2D eigenvalue weighted by Crippen LogP contribution is -2.45. The Morgan fingerprint density at radius 3 is 2.84 bits per heavy atom. The molecule has 1 aromatic rings. The monoisotopic (exact) mass is 265 g/mol. The molecule has 3 heteroatoms. The van der Waals surface area contributed by atoms with Crippen molar-refractivity contribution in [1.29, 1.82) is 0 Å². The first-order chi connectivity index (χ1) is 9.15. The Morgan fingerprint density at radius 1 is 1.37 bits per heavy atom. The Kier molecular flexibility index (Phi) is 4.81. The Labute approximate surface area is 115 Å². The maximum atomic E-state index is 14.0. The van der Waals surface area contributed by atoms with Crippen molar-refractivity contribution < 1.29 is 9.13 Å². The molecule has 3 unspecified atom stereocenters. The van der Waals surface area contributed by atoms with Crippen molar-refractivity contribution in [1.82, 2.24) is 5.32 Å². The Bertz CT molecular complexity index is 421. The summed E-state index contributed by atoms with van der Waals surface area (Å²) in [5, 5.41) is 3.31. The van der Waals surface area contributed by atoms with Crippen LogP contribution in [0, 0.1) is 18.7 Å². The zero-order valence-corrected chi connectivity index (χ0v) is 12.1. The molecular weight excluding hydrogens is 241 g/mol. The molecule has 0 aromatic heterocycles. The van der Waals surface area contributed by atoms with Gasteiger partial charge in [0.05, 0.1) is 0 Å². The quantitative estimate of drug-likeness (QED) is 0.896. The third kappa shape index (κ3) is 3.27. The largest absolute Gasteiger partial charge is 0.486 e. The average Bonchev–Trinajstić information content (AvgIpc) is 2.43. The Morgan fingerprint density at radius 2 is 2.16 bits per heavy atom. The van der Waals surface area contributed by atoms with Gasteiger partial charge in [0, 0.05) is 6.04 Å². The van der Waals surface area contributed by atoms with Crippen LogP contribution in [0.1, 0.15) is 38.2 Å². The summed E-state index contributed by atoms with van der Waals surface area (Å²) in [6.45, 7) is 3.99. The van der Waals surface area contributed by atoms with E-state index >= 15 is 0 Å². The van der Waals surface area contributed by atoms with Crippen LogP contribution in [-0.2, 0) is 0 Å². The van der Waals surface area contributed by atoms with Gasteiger partial charge in [-0.05, 0) is 50.8 Å². The van der Waals surface area contributed by atoms with Crippen LogP contribution in [0.3, 0.4) is 0 Å². The first kappa shape index (κ1) is 14.3. The van der Waals surface area contributed by atoms with E-state index in [1.54, 1.807) is 19.1 Å². The molecule has 19 heavy (non-hydrogen) atoms. The van der Waals surface area contributed by atoms with E-state index in [1.165, 1.54) is 12.8 Å². The van der Waals surface area contributed by atoms with Crippen LogP contribution in [0.5, 0.6) is 5.75 Å². The van der Waals surface area contributed by atoms with Gasteiger partial charge in [-0.2, -0.15) is 0 Å². The summed E-state index contributed by atoms with van der Waals surface area (Å²) < 4.78 is 20.0. The van der Waals surface area contributed by atoms with Gasteiger partial charge >= 0.3 is 0 Å². The molecule has 1 saturated carbocycles. The summed E-state index contributed by atoms with van der Waals surface area (Å²) in [6, 6.07) is 5.67. The van der Waals surface area contributed by atoms with Crippen molar-refractivity contribution in [2.45, 2.75) is 51.7 Å². The van der Waals surface area contributed by atoms with E-state index in [0.717, 1.165) is 12.8 Å². The molecule has 2 nitrogen and oxygen atoms in total. The number of aryl methyl sites for hydroxylation is 1. The number of hydrogen-bond acceptors (Lipinski definition) is 2. The van der Waals surface area contributed by atoms with Gasteiger partial charge in [-0.3, -0.25) is 0 Å². The number of hydrogen-bond donors (Lipinski definition) is 1. The number of rotatable bonds is 4. The van der Waals surface area contributed by atoms with E-state index < -0.39 is 0 Å². The number of likely N-dealkylation sites (N-methyl/N-ethyl adjacent to an activating group) is 1. The highest BCUT2D eigenvalue weighted by Gasteiger charge is 2.30. The molecule has 0 heterocycles. The van der Waals surface area contributed by atoms with Crippen LogP contribution >= 0.6 is 0 Å². The van der Waals surface area contributed by atoms with Gasteiger partial charge < -0.3 is 10.1 Å². The Balaban J connectivity index is 2.12. The van der Waals surface area contributed by atoms with Gasteiger partial charge in [0.25, 0.3) is 0 Å². The molecule has 0 aliphatic heterocycles. The second kappa shape index (κ2) is 6.38. The van der Waals surface area contributed by atoms with Crippen molar-refractivity contribution in [2.75, 3.05) is 7.05 Å². The van der Waals surface area contributed by atoms with Crippen molar-refractivity contribution in [2.24, 2.45) is 5.92 Å². The fraction of sp³-hybridized carbons (Fsp3) is 0.625. The van der Waals surface area contributed by atoms with Gasteiger partial charge in [0.15, 0.2) is 11.6 Å². The number of benzene rings is 1. The van der Waals surface area contributed by atoms with Crippen LogP contribution in [0.2, 0.25) is 0 Å². The summed E-state index contributed by atoms with van der Waals surface area (Å²) in [5.41, 5.74) is 0.640. The molecule has 0 bridgehead atoms. The van der Waals surface area contributed by atoms with Crippen LogP contribution < -0.4 is 10.1 Å². The molecule has 3 atom stereocenters. The van der Waals surface area contributed by atoms with Crippen molar-refractivity contribution in [3.05, 3.63) is 29.6 Å². The predicted molar refractivity (Wildman–Crippen MR) is 76.0 cm³/mol. The van der Waals surface area contributed by atoms with E-state index in [9.17, 15) is 4.39 Å². The zero-order valence-electron chi connectivity index (χ0n) is 12.1. The molecule has 1 N–H and O–H groups in total. The van der Waals surface area contributed by atoms with E-state index in [-0.39, 0.29) is 11.9 Å². The SMILES string of the molecule is CCC1CCC(NC)C(Oc2cccc(C)c2F)C1. The number of ether oxygens (including phenoxy) is 1. The lowest BCUT2D eigenvalue weighted by Gasteiger charge is -2.36. The maximum Gasteiger partial charge on any atom is 0.167 e. The Hall–Kier alpha value is -1.09. The smallest absolute Gasteiger partial charge is 0.167 e. The minimum atomic E-state index is -0.226. The van der Waals surface area contributed by atoms with Crippen LogP contribution in [0.4, 0.5) is 4.39 Å². The normalized spacial score (nSPS) is 27.3. The van der Waals surface area contributed by atoms with Crippen molar-refractivity contribution in [3.63, 3.8) is 0 Å². The van der Waals surface area contributed by atoms with Crippen LogP contribution in [0.15, 0.2) is 18.2 Å². The van der Waals surface area contributed by atoms with Crippen molar-refractivity contribution >= 4 is 0 Å². The third-order valence-corrected chi connectivity index (χ3v) is 4.28. The summed E-state index contributed by atoms with van der Waals surface area (Å²) in [5.74, 6) is 0.862. The fourth-order valence-electron chi connectivity index (χ4n) is 2.92. The summed E-state index contributed by atoms with van der Waals surface area (Å²) in [7, 11) is 1.96. The third-order valence-electron chi connectivity index (χ3n) is 4.28. The summed E-state index contributed by atoms with van der Waals surface area (Å²) in [4.78, 5) is 0. The highest BCUT2D eigenvalue weighted by Crippen LogP contribution is 2.31. The molecule has 1 aliphatic carbocycles. The van der Waals surface area contributed by atoms with Gasteiger partial charge in [0.2, 0.25) is 0 Å². The minimum absolute atomic E-state index is 0.0694. The second-order valence-corrected chi connectivity index (χ2v) is 5.53. The lowest BCUT2D eigenvalue weighted by atomic mass is 9.82. The average molecular weight is 265 g/mol. The van der Waals surface area contributed by atoms with E-state index in [1.807, 2.05) is 13.1 Å². The number of nitrogens with one attached hydrogen (secondary N) is 1. The van der Waals surface area contributed by atoms with Crippen molar-refractivity contribution in [3.8, 4) is 5.75 Å². The minimum Gasteiger partial charge on any atom is -0.486 e. The molecular formula is C16H24FNO. The standard InChI is InChI=1S/C16H24FNO/c1-4-12-8-9-13(18-3)15(10-12)19-14-7-5-6-11(2)16(14)17/h5-7,12-13,15,18H,4,8-10H2,1-3H3. The van der Waals surface area contributed by atoms with Crippen LogP contribution in [-0.4, -0.2) is 19.2 Å². The van der Waals surface area contributed by atoms with Gasteiger partial charge in [0.1, 0.15) is 6.10 Å². The summed E-state index contributed by atoms with van der Waals surface area (Å²) in [6.07, 6.45) is 4.59. The van der Waals surface area contributed by atoms with E-state index in [2.05, 4.69) is 12.2 Å². The predicted octanol–water partition coefficient (Wildman–Crippen LogP) is 3.68. The highest BCUT2D eigenvalue weighted by molar-refractivity contribution is 5.30. The molecule has 0 amide bonds. The molecule has 0 spiro atoms. The highest BCUT2D eigenvalue weighted by atomic mass is 19.1. The second-order valence-electron chi connectivity index (χ2n) is 5.53. The van der Waals surface area contributed by atoms with E-state index in [4.69, 9.17) is 4.74 Å². The van der Waals surface area contributed by atoms with Gasteiger partial charge in [-0.25, -0.2) is 4.39 Å². The first-order valence-corrected chi connectivity index (χ1v) is 7.24. The molecule has 2 rings (SSSR count). The van der Waals surface area contributed by atoms with Crippen LogP contribution in [0.25, 0.3) is 0 Å². The maximum absolute atomic E-state index is 14.0. The molecule has 1 aromatic carbocycles. The molecule has 0 saturated heterocycles. The molecule has 106 valence electrons. The summed E-state index contributed by atoms with van der Waals surface area (Å²) >= 11 is 0. The molecule has 1 fully saturated rings. The zero-order chi connectivity index (χ0) is 13.8. The van der Waals surface area contributed by atoms with Gasteiger partial charge in [-0.15, -0.1) is 0 Å². The van der Waals surface area contributed by atoms with E-state index in [0.29, 0.717) is 23.3 Å². The molecule has 1 aliphatic rings.